The van der Waals surface area contributed by atoms with Gasteiger partial charge in [0.05, 0.1) is 7.11 Å². The minimum atomic E-state index is 0.313. The number of aromatic nitrogens is 2. The first-order chi connectivity index (χ1) is 12.0. The van der Waals surface area contributed by atoms with E-state index < -0.39 is 0 Å². The van der Waals surface area contributed by atoms with E-state index >= 15 is 0 Å². The number of pyridine rings is 1. The van der Waals surface area contributed by atoms with Gasteiger partial charge in [-0.15, -0.1) is 0 Å². The molecule has 0 radical (unpaired) electrons. The molecule has 0 fully saturated rings. The van der Waals surface area contributed by atoms with Crippen molar-refractivity contribution in [1.29, 1.82) is 0 Å². The Balaban J connectivity index is 1.87. The van der Waals surface area contributed by atoms with Crippen LogP contribution in [0.4, 0.5) is 0 Å². The largest absolute Gasteiger partial charge is 0.497 e. The molecule has 3 aromatic rings. The van der Waals surface area contributed by atoms with Crippen LogP contribution in [0.5, 0.6) is 5.75 Å². The smallest absolute Gasteiger partial charge is 0.137 e. The molecule has 25 heavy (non-hydrogen) atoms. The van der Waals surface area contributed by atoms with Crippen molar-refractivity contribution in [3.05, 3.63) is 59.4 Å². The molecule has 4 heteroatoms. The molecule has 0 aliphatic carbocycles. The monoisotopic (exact) mass is 337 g/mol. The van der Waals surface area contributed by atoms with Crippen molar-refractivity contribution >= 4 is 11.0 Å². The highest BCUT2D eigenvalue weighted by Crippen LogP contribution is 2.30. The SMILES string of the molecule is COc1ccc([C@H](C)N(C)Cc2c(C(C)C)[nH]c3ncccc23)cc1. The van der Waals surface area contributed by atoms with E-state index in [0.29, 0.717) is 12.0 Å². The van der Waals surface area contributed by atoms with Gasteiger partial charge in [0.15, 0.2) is 0 Å². The number of ether oxygens (including phenoxy) is 1. The summed E-state index contributed by atoms with van der Waals surface area (Å²) in [4.78, 5) is 10.4. The Morgan fingerprint density at radius 1 is 1.12 bits per heavy atom. The third-order valence-electron chi connectivity index (χ3n) is 4.96. The number of H-pyrrole nitrogens is 1. The zero-order chi connectivity index (χ0) is 18.0. The van der Waals surface area contributed by atoms with E-state index in [0.717, 1.165) is 17.9 Å². The van der Waals surface area contributed by atoms with Gasteiger partial charge in [0.1, 0.15) is 11.4 Å². The second kappa shape index (κ2) is 7.28. The van der Waals surface area contributed by atoms with Crippen molar-refractivity contribution in [3.8, 4) is 5.75 Å². The first-order valence-electron chi connectivity index (χ1n) is 8.81. The van der Waals surface area contributed by atoms with Crippen molar-refractivity contribution in [2.24, 2.45) is 0 Å². The number of hydrogen-bond donors (Lipinski definition) is 1. The first kappa shape index (κ1) is 17.5. The van der Waals surface area contributed by atoms with E-state index in [-0.39, 0.29) is 0 Å². The molecule has 132 valence electrons. The van der Waals surface area contributed by atoms with Crippen molar-refractivity contribution in [2.45, 2.75) is 39.3 Å². The predicted molar refractivity (Wildman–Crippen MR) is 103 cm³/mol. The molecular formula is C21H27N3O. The number of benzene rings is 1. The molecule has 0 unspecified atom stereocenters. The molecule has 4 nitrogen and oxygen atoms in total. The number of methoxy groups -OCH3 is 1. The Hall–Kier alpha value is -2.33. The number of hydrogen-bond acceptors (Lipinski definition) is 3. The average molecular weight is 337 g/mol. The molecule has 2 heterocycles. The van der Waals surface area contributed by atoms with Crippen LogP contribution in [0, 0.1) is 0 Å². The van der Waals surface area contributed by atoms with Gasteiger partial charge in [-0.2, -0.15) is 0 Å². The van der Waals surface area contributed by atoms with Gasteiger partial charge in [-0.1, -0.05) is 26.0 Å². The van der Waals surface area contributed by atoms with Crippen LogP contribution in [0.2, 0.25) is 0 Å². The van der Waals surface area contributed by atoms with Gasteiger partial charge >= 0.3 is 0 Å². The van der Waals surface area contributed by atoms with Crippen LogP contribution >= 0.6 is 0 Å². The second-order valence-corrected chi connectivity index (χ2v) is 6.94. The van der Waals surface area contributed by atoms with E-state index in [1.165, 1.54) is 22.2 Å². The minimum Gasteiger partial charge on any atom is -0.497 e. The van der Waals surface area contributed by atoms with Crippen molar-refractivity contribution in [3.63, 3.8) is 0 Å². The van der Waals surface area contributed by atoms with Crippen molar-refractivity contribution in [2.75, 3.05) is 14.2 Å². The molecule has 1 N–H and O–H groups in total. The van der Waals surface area contributed by atoms with E-state index in [2.05, 4.69) is 60.9 Å². The lowest BCUT2D eigenvalue weighted by atomic mass is 10.0. The lowest BCUT2D eigenvalue weighted by Crippen LogP contribution is -2.22. The molecule has 0 bridgehead atoms. The van der Waals surface area contributed by atoms with Crippen LogP contribution in [0.25, 0.3) is 11.0 Å². The lowest BCUT2D eigenvalue weighted by molar-refractivity contribution is 0.253. The summed E-state index contributed by atoms with van der Waals surface area (Å²) in [6, 6.07) is 12.8. The van der Waals surface area contributed by atoms with E-state index in [1.54, 1.807) is 7.11 Å². The number of nitrogens with one attached hydrogen (secondary N) is 1. The van der Waals surface area contributed by atoms with Gasteiger partial charge in [-0.25, -0.2) is 4.98 Å². The fraction of sp³-hybridized carbons (Fsp3) is 0.381. The molecule has 1 atom stereocenters. The van der Waals surface area contributed by atoms with Gasteiger partial charge < -0.3 is 9.72 Å². The molecule has 1 aromatic carbocycles. The fourth-order valence-corrected chi connectivity index (χ4v) is 3.28. The maximum Gasteiger partial charge on any atom is 0.137 e. The summed E-state index contributed by atoms with van der Waals surface area (Å²) in [6.45, 7) is 7.57. The first-order valence-corrected chi connectivity index (χ1v) is 8.81. The molecule has 0 aliphatic heterocycles. The Morgan fingerprint density at radius 2 is 1.84 bits per heavy atom. The molecule has 2 aromatic heterocycles. The summed E-state index contributed by atoms with van der Waals surface area (Å²) in [5.41, 5.74) is 4.89. The Kier molecular flexibility index (Phi) is 5.09. The fourth-order valence-electron chi connectivity index (χ4n) is 3.28. The molecule has 0 saturated heterocycles. The van der Waals surface area contributed by atoms with Crippen LogP contribution in [0.1, 0.15) is 49.6 Å². The van der Waals surface area contributed by atoms with Crippen LogP contribution in [0.3, 0.4) is 0 Å². The van der Waals surface area contributed by atoms with Crippen LogP contribution in [-0.2, 0) is 6.54 Å². The predicted octanol–water partition coefficient (Wildman–Crippen LogP) is 4.89. The molecule has 0 amide bonds. The van der Waals surface area contributed by atoms with Gasteiger partial charge in [0, 0.05) is 29.9 Å². The van der Waals surface area contributed by atoms with Crippen LogP contribution in [0.15, 0.2) is 42.6 Å². The molecule has 0 spiro atoms. The molecule has 0 aliphatic rings. The minimum absolute atomic E-state index is 0.313. The maximum absolute atomic E-state index is 5.26. The normalized spacial score (nSPS) is 12.9. The number of aromatic amines is 1. The Bertz CT molecular complexity index is 836. The Morgan fingerprint density at radius 3 is 2.48 bits per heavy atom. The third kappa shape index (κ3) is 3.54. The summed E-state index contributed by atoms with van der Waals surface area (Å²) in [7, 11) is 3.87. The number of fused-ring (bicyclic) bond motifs is 1. The van der Waals surface area contributed by atoms with Gasteiger partial charge in [-0.05, 0) is 55.3 Å². The topological polar surface area (TPSA) is 41.1 Å². The van der Waals surface area contributed by atoms with Crippen molar-refractivity contribution in [1.82, 2.24) is 14.9 Å². The third-order valence-corrected chi connectivity index (χ3v) is 4.96. The summed E-state index contributed by atoms with van der Waals surface area (Å²) < 4.78 is 5.26. The molecule has 0 saturated carbocycles. The zero-order valence-corrected chi connectivity index (χ0v) is 15.7. The summed E-state index contributed by atoms with van der Waals surface area (Å²) in [5, 5.41) is 1.22. The lowest BCUT2D eigenvalue weighted by Gasteiger charge is -2.26. The van der Waals surface area contributed by atoms with E-state index in [9.17, 15) is 0 Å². The molecule has 3 rings (SSSR count). The van der Waals surface area contributed by atoms with E-state index in [1.807, 2.05) is 24.4 Å². The van der Waals surface area contributed by atoms with Crippen LogP contribution in [-0.4, -0.2) is 29.0 Å². The van der Waals surface area contributed by atoms with Crippen molar-refractivity contribution < 1.29 is 4.74 Å². The standard InChI is InChI=1S/C21H27N3O/c1-14(2)20-19(18-7-6-12-22-21(18)23-20)13-24(4)15(3)16-8-10-17(25-5)11-9-16/h6-12,14-15H,13H2,1-5H3,(H,22,23)/t15-/m0/s1. The highest BCUT2D eigenvalue weighted by molar-refractivity contribution is 5.81. The highest BCUT2D eigenvalue weighted by Gasteiger charge is 2.19. The number of rotatable bonds is 6. The summed E-state index contributed by atoms with van der Waals surface area (Å²) in [6.07, 6.45) is 1.84. The zero-order valence-electron chi connectivity index (χ0n) is 15.7. The Labute approximate surface area is 149 Å². The number of nitrogens with zero attached hydrogens (tertiary/aromatic N) is 2. The second-order valence-electron chi connectivity index (χ2n) is 6.94. The van der Waals surface area contributed by atoms with E-state index in [4.69, 9.17) is 4.74 Å². The maximum atomic E-state index is 5.26. The highest BCUT2D eigenvalue weighted by atomic mass is 16.5. The quantitative estimate of drug-likeness (QED) is 0.696. The van der Waals surface area contributed by atoms with Gasteiger partial charge in [0.25, 0.3) is 0 Å². The molecular weight excluding hydrogens is 310 g/mol. The average Bonchev–Trinajstić information content (AvgIpc) is 3.00. The van der Waals surface area contributed by atoms with Gasteiger partial charge in [0.2, 0.25) is 0 Å². The van der Waals surface area contributed by atoms with Crippen LogP contribution < -0.4 is 4.74 Å². The van der Waals surface area contributed by atoms with Gasteiger partial charge in [-0.3, -0.25) is 4.90 Å². The summed E-state index contributed by atoms with van der Waals surface area (Å²) >= 11 is 0. The summed E-state index contributed by atoms with van der Waals surface area (Å²) in [5.74, 6) is 1.33.